The van der Waals surface area contributed by atoms with Crippen LogP contribution >= 0.6 is 12.4 Å². The molecule has 0 spiro atoms. The molecule has 2 aromatic rings. The van der Waals surface area contributed by atoms with Crippen molar-refractivity contribution >= 4 is 23.2 Å². The second kappa shape index (κ2) is 10.6. The normalized spacial score (nSPS) is 15.1. The van der Waals surface area contributed by atoms with Gasteiger partial charge in [-0.2, -0.15) is 0 Å². The summed E-state index contributed by atoms with van der Waals surface area (Å²) < 4.78 is 11.2. The molecule has 2 aromatic carbocycles. The van der Waals surface area contributed by atoms with Gasteiger partial charge in [-0.15, -0.1) is 12.4 Å². The van der Waals surface area contributed by atoms with E-state index in [-0.39, 0.29) is 12.4 Å². The second-order valence-electron chi connectivity index (χ2n) is 6.18. The summed E-state index contributed by atoms with van der Waals surface area (Å²) >= 11 is 0. The second-order valence-corrected chi connectivity index (χ2v) is 6.18. The molecule has 1 aliphatic heterocycles. The summed E-state index contributed by atoms with van der Waals surface area (Å²) in [5.74, 6) is 0.997. The van der Waals surface area contributed by atoms with Gasteiger partial charge in [-0.25, -0.2) is 0 Å². The molecule has 0 bridgehead atoms. The van der Waals surface area contributed by atoms with Crippen molar-refractivity contribution < 1.29 is 9.47 Å². The quantitative estimate of drug-likeness (QED) is 0.727. The maximum atomic E-state index is 5.84. The third kappa shape index (κ3) is 5.58. The molecular formula is C20H29ClN2O2. The van der Waals surface area contributed by atoms with E-state index in [1.165, 1.54) is 16.3 Å². The van der Waals surface area contributed by atoms with Crippen LogP contribution in [0.5, 0.6) is 5.75 Å². The van der Waals surface area contributed by atoms with E-state index in [1.807, 2.05) is 6.92 Å². The number of hydrogen-bond acceptors (Lipinski definition) is 4. The fourth-order valence-corrected chi connectivity index (χ4v) is 3.25. The molecule has 0 unspecified atom stereocenters. The van der Waals surface area contributed by atoms with Crippen LogP contribution in [0.3, 0.4) is 0 Å². The van der Waals surface area contributed by atoms with Crippen molar-refractivity contribution in [1.82, 2.24) is 10.2 Å². The van der Waals surface area contributed by atoms with Gasteiger partial charge in [0.2, 0.25) is 0 Å². The van der Waals surface area contributed by atoms with Crippen molar-refractivity contribution in [2.45, 2.75) is 19.9 Å². The zero-order valence-electron chi connectivity index (χ0n) is 15.0. The van der Waals surface area contributed by atoms with Gasteiger partial charge in [0.05, 0.1) is 19.8 Å². The molecule has 1 aliphatic rings. The summed E-state index contributed by atoms with van der Waals surface area (Å²) in [7, 11) is 0. The van der Waals surface area contributed by atoms with Gasteiger partial charge in [0.1, 0.15) is 5.75 Å². The van der Waals surface area contributed by atoms with E-state index in [0.717, 1.165) is 58.1 Å². The Balaban J connectivity index is 0.00000225. The minimum atomic E-state index is 0. The molecule has 0 aromatic heterocycles. The van der Waals surface area contributed by atoms with Crippen LogP contribution in [0.4, 0.5) is 0 Å². The number of halogens is 1. The van der Waals surface area contributed by atoms with Gasteiger partial charge in [-0.05, 0) is 43.3 Å². The molecule has 25 heavy (non-hydrogen) atoms. The Hall–Kier alpha value is -1.33. The SMILES string of the molecule is CCOc1ccc2ccccc2c1CNCCCN1CCOCC1.Cl. The van der Waals surface area contributed by atoms with Crippen LogP contribution in [0.2, 0.25) is 0 Å². The molecule has 0 amide bonds. The number of ether oxygens (including phenoxy) is 2. The Morgan fingerprint density at radius 1 is 1.12 bits per heavy atom. The average Bonchev–Trinajstić information content (AvgIpc) is 2.64. The molecule has 5 heteroatoms. The van der Waals surface area contributed by atoms with Crippen LogP contribution in [0.1, 0.15) is 18.9 Å². The van der Waals surface area contributed by atoms with Gasteiger partial charge < -0.3 is 14.8 Å². The third-order valence-corrected chi connectivity index (χ3v) is 4.53. The van der Waals surface area contributed by atoms with Gasteiger partial charge in [0.15, 0.2) is 0 Å². The zero-order valence-corrected chi connectivity index (χ0v) is 15.8. The lowest BCUT2D eigenvalue weighted by atomic mass is 10.0. The first kappa shape index (κ1) is 20.0. The van der Waals surface area contributed by atoms with Crippen LogP contribution in [0, 0.1) is 0 Å². The maximum absolute atomic E-state index is 5.84. The molecule has 3 rings (SSSR count). The number of fused-ring (bicyclic) bond motifs is 1. The Kier molecular flexibility index (Phi) is 8.49. The van der Waals surface area contributed by atoms with Crippen LogP contribution in [0.25, 0.3) is 10.8 Å². The monoisotopic (exact) mass is 364 g/mol. The lowest BCUT2D eigenvalue weighted by Crippen LogP contribution is -2.37. The van der Waals surface area contributed by atoms with Gasteiger partial charge in [-0.3, -0.25) is 4.90 Å². The van der Waals surface area contributed by atoms with E-state index < -0.39 is 0 Å². The Labute approximate surface area is 156 Å². The summed E-state index contributed by atoms with van der Waals surface area (Å²) in [6, 6.07) is 12.8. The van der Waals surface area contributed by atoms with Crippen LogP contribution in [-0.4, -0.2) is 50.9 Å². The Bertz CT molecular complexity index is 645. The highest BCUT2D eigenvalue weighted by Crippen LogP contribution is 2.28. The average molecular weight is 365 g/mol. The molecule has 0 aliphatic carbocycles. The molecule has 138 valence electrons. The van der Waals surface area contributed by atoms with Crippen molar-refractivity contribution in [1.29, 1.82) is 0 Å². The molecule has 4 nitrogen and oxygen atoms in total. The Morgan fingerprint density at radius 2 is 1.92 bits per heavy atom. The van der Waals surface area contributed by atoms with Crippen LogP contribution in [0.15, 0.2) is 36.4 Å². The minimum absolute atomic E-state index is 0. The highest BCUT2D eigenvalue weighted by molar-refractivity contribution is 5.87. The van der Waals surface area contributed by atoms with Gasteiger partial charge >= 0.3 is 0 Å². The number of benzene rings is 2. The maximum Gasteiger partial charge on any atom is 0.124 e. The van der Waals surface area contributed by atoms with Crippen LogP contribution < -0.4 is 10.1 Å². The van der Waals surface area contributed by atoms with Gasteiger partial charge in [0.25, 0.3) is 0 Å². The molecule has 1 heterocycles. The first-order valence-corrected chi connectivity index (χ1v) is 9.02. The summed E-state index contributed by atoms with van der Waals surface area (Å²) in [5, 5.41) is 6.15. The molecule has 0 saturated carbocycles. The molecule has 0 radical (unpaired) electrons. The standard InChI is InChI=1S/C20H28N2O2.ClH/c1-2-24-20-9-8-17-6-3-4-7-18(17)19(20)16-21-10-5-11-22-12-14-23-15-13-22;/h3-4,6-9,21H,2,5,10-16H2,1H3;1H. The predicted octanol–water partition coefficient (Wildman–Crippen LogP) is 3.47. The van der Waals surface area contributed by atoms with Crippen molar-refractivity contribution in [3.63, 3.8) is 0 Å². The molecule has 1 N–H and O–H groups in total. The smallest absolute Gasteiger partial charge is 0.124 e. The topological polar surface area (TPSA) is 33.7 Å². The van der Waals surface area contributed by atoms with Crippen molar-refractivity contribution in [3.05, 3.63) is 42.0 Å². The third-order valence-electron chi connectivity index (χ3n) is 4.53. The summed E-state index contributed by atoms with van der Waals surface area (Å²) in [4.78, 5) is 2.48. The number of morpholine rings is 1. The van der Waals surface area contributed by atoms with E-state index >= 15 is 0 Å². The fourth-order valence-electron chi connectivity index (χ4n) is 3.25. The number of nitrogens with zero attached hydrogens (tertiary/aromatic N) is 1. The predicted molar refractivity (Wildman–Crippen MR) is 106 cm³/mol. The molecular weight excluding hydrogens is 336 g/mol. The van der Waals surface area contributed by atoms with E-state index in [4.69, 9.17) is 9.47 Å². The van der Waals surface area contributed by atoms with Crippen molar-refractivity contribution in [3.8, 4) is 5.75 Å². The summed E-state index contributed by atoms with van der Waals surface area (Å²) in [5.41, 5.74) is 1.27. The fraction of sp³-hybridized carbons (Fsp3) is 0.500. The first-order valence-electron chi connectivity index (χ1n) is 9.02. The van der Waals surface area contributed by atoms with Gasteiger partial charge in [0, 0.05) is 25.2 Å². The van der Waals surface area contributed by atoms with Crippen LogP contribution in [-0.2, 0) is 11.3 Å². The van der Waals surface area contributed by atoms with E-state index in [2.05, 4.69) is 46.6 Å². The van der Waals surface area contributed by atoms with E-state index in [1.54, 1.807) is 0 Å². The largest absolute Gasteiger partial charge is 0.494 e. The number of hydrogen-bond donors (Lipinski definition) is 1. The number of rotatable bonds is 8. The highest BCUT2D eigenvalue weighted by atomic mass is 35.5. The lowest BCUT2D eigenvalue weighted by Gasteiger charge is -2.26. The highest BCUT2D eigenvalue weighted by Gasteiger charge is 2.10. The Morgan fingerprint density at radius 3 is 2.72 bits per heavy atom. The first-order chi connectivity index (χ1) is 11.9. The summed E-state index contributed by atoms with van der Waals surface area (Å²) in [6.45, 7) is 9.63. The summed E-state index contributed by atoms with van der Waals surface area (Å²) in [6.07, 6.45) is 1.16. The molecule has 1 fully saturated rings. The number of nitrogens with one attached hydrogen (secondary N) is 1. The van der Waals surface area contributed by atoms with E-state index in [9.17, 15) is 0 Å². The minimum Gasteiger partial charge on any atom is -0.494 e. The zero-order chi connectivity index (χ0) is 16.6. The van der Waals surface area contributed by atoms with Gasteiger partial charge in [-0.1, -0.05) is 30.3 Å². The van der Waals surface area contributed by atoms with Crippen molar-refractivity contribution in [2.24, 2.45) is 0 Å². The molecule has 1 saturated heterocycles. The van der Waals surface area contributed by atoms with Crippen molar-refractivity contribution in [2.75, 3.05) is 46.0 Å². The molecule has 0 atom stereocenters. The lowest BCUT2D eigenvalue weighted by molar-refractivity contribution is 0.0374. The van der Waals surface area contributed by atoms with E-state index in [0.29, 0.717) is 6.61 Å².